The molecule has 0 aromatic rings. The van der Waals surface area contributed by atoms with E-state index < -0.39 is 0 Å². The zero-order valence-electron chi connectivity index (χ0n) is 7.82. The van der Waals surface area contributed by atoms with Crippen molar-refractivity contribution in [3.05, 3.63) is 11.1 Å². The van der Waals surface area contributed by atoms with Crippen LogP contribution in [0.1, 0.15) is 45.4 Å². The summed E-state index contributed by atoms with van der Waals surface area (Å²) in [5.74, 6) is 0. The molecule has 0 aromatic heterocycles. The Morgan fingerprint density at radius 3 is 2.00 bits per heavy atom. The molecule has 1 N–H and O–H groups in total. The minimum Gasteiger partial charge on any atom is -0.361 e. The van der Waals surface area contributed by atoms with Crippen molar-refractivity contribution in [2.45, 2.75) is 51.0 Å². The van der Waals surface area contributed by atoms with Crippen LogP contribution in [0.2, 0.25) is 0 Å². The number of allylic oxidation sites excluding steroid dienone is 2. The van der Waals surface area contributed by atoms with E-state index in [4.69, 9.17) is 7.98 Å². The third kappa shape index (κ3) is 1.58. The van der Waals surface area contributed by atoms with E-state index in [0.29, 0.717) is 0 Å². The van der Waals surface area contributed by atoms with Gasteiger partial charge in [0, 0.05) is 5.54 Å². The van der Waals surface area contributed by atoms with E-state index in [-0.39, 0.29) is 5.54 Å². The largest absolute Gasteiger partial charge is 0.361 e. The standard InChI is InChI=1S/C10H16BN/c1-10(12-11)6-4-9(5-7-10)8-2-3-8/h12H,2-7H2,1H3. The number of rotatable bonds is 1. The number of hydrogen-bond donors (Lipinski definition) is 1. The average Bonchev–Trinajstić information content (AvgIpc) is 2.89. The lowest BCUT2D eigenvalue weighted by atomic mass is 9.79. The highest BCUT2D eigenvalue weighted by Gasteiger charge is 2.29. The molecule has 0 aliphatic heterocycles. The Hall–Kier alpha value is -0.235. The van der Waals surface area contributed by atoms with E-state index in [1.807, 2.05) is 0 Å². The third-order valence-corrected chi connectivity index (χ3v) is 3.31. The van der Waals surface area contributed by atoms with Gasteiger partial charge in [0.05, 0.1) is 0 Å². The topological polar surface area (TPSA) is 12.0 Å². The van der Waals surface area contributed by atoms with Crippen LogP contribution in [0.15, 0.2) is 11.1 Å². The smallest absolute Gasteiger partial charge is 0.178 e. The van der Waals surface area contributed by atoms with Gasteiger partial charge in [-0.3, -0.25) is 0 Å². The Labute approximate surface area is 76.0 Å². The van der Waals surface area contributed by atoms with Crippen LogP contribution in [0.4, 0.5) is 0 Å². The molecule has 0 spiro atoms. The van der Waals surface area contributed by atoms with Gasteiger partial charge in [0.15, 0.2) is 7.98 Å². The molecule has 2 radical (unpaired) electrons. The predicted molar refractivity (Wildman–Crippen MR) is 52.0 cm³/mol. The molecular formula is C10H16BN. The zero-order chi connectivity index (χ0) is 8.60. The Morgan fingerprint density at radius 1 is 1.08 bits per heavy atom. The Kier molecular flexibility index (Phi) is 2.03. The molecule has 0 heterocycles. The Morgan fingerprint density at radius 2 is 1.58 bits per heavy atom. The van der Waals surface area contributed by atoms with Crippen LogP contribution in [0.5, 0.6) is 0 Å². The van der Waals surface area contributed by atoms with Gasteiger partial charge in [0.2, 0.25) is 0 Å². The monoisotopic (exact) mass is 161 g/mol. The summed E-state index contributed by atoms with van der Waals surface area (Å²) in [4.78, 5) is 0. The van der Waals surface area contributed by atoms with Gasteiger partial charge < -0.3 is 5.23 Å². The second kappa shape index (κ2) is 2.92. The van der Waals surface area contributed by atoms with E-state index in [1.165, 1.54) is 38.5 Å². The van der Waals surface area contributed by atoms with Gasteiger partial charge in [-0.05, 0) is 45.4 Å². The van der Waals surface area contributed by atoms with Gasteiger partial charge in [-0.15, -0.1) is 0 Å². The van der Waals surface area contributed by atoms with Crippen LogP contribution in [0.25, 0.3) is 0 Å². The van der Waals surface area contributed by atoms with Crippen molar-refractivity contribution in [1.29, 1.82) is 0 Å². The fourth-order valence-corrected chi connectivity index (χ4v) is 2.02. The van der Waals surface area contributed by atoms with Crippen molar-refractivity contribution in [3.8, 4) is 0 Å². The van der Waals surface area contributed by atoms with Gasteiger partial charge in [-0.2, -0.15) is 0 Å². The molecule has 2 rings (SSSR count). The summed E-state index contributed by atoms with van der Waals surface area (Å²) in [6.07, 6.45) is 7.72. The van der Waals surface area contributed by atoms with E-state index in [9.17, 15) is 0 Å². The zero-order valence-corrected chi connectivity index (χ0v) is 7.82. The molecular weight excluding hydrogens is 145 g/mol. The molecule has 0 atom stereocenters. The first-order chi connectivity index (χ1) is 5.73. The number of nitrogens with one attached hydrogen (secondary N) is 1. The maximum Gasteiger partial charge on any atom is 0.178 e. The van der Waals surface area contributed by atoms with E-state index in [2.05, 4.69) is 12.2 Å². The molecule has 0 aromatic carbocycles. The maximum absolute atomic E-state index is 5.51. The highest BCUT2D eigenvalue weighted by Crippen LogP contribution is 2.40. The van der Waals surface area contributed by atoms with Gasteiger partial charge in [0.25, 0.3) is 0 Å². The quantitative estimate of drug-likeness (QED) is 0.458. The van der Waals surface area contributed by atoms with Crippen LogP contribution in [0, 0.1) is 0 Å². The van der Waals surface area contributed by atoms with Crippen LogP contribution in [0.3, 0.4) is 0 Å². The van der Waals surface area contributed by atoms with Crippen molar-refractivity contribution in [2.75, 3.05) is 0 Å². The van der Waals surface area contributed by atoms with Gasteiger partial charge in [0.1, 0.15) is 0 Å². The summed E-state index contributed by atoms with van der Waals surface area (Å²) in [6, 6.07) is 0. The SMILES string of the molecule is [B]NC1(C)CCC(=C2CC2)CC1. The highest BCUT2D eigenvalue weighted by molar-refractivity contribution is 6.04. The second-order valence-corrected chi connectivity index (χ2v) is 4.41. The van der Waals surface area contributed by atoms with Gasteiger partial charge in [-0.25, -0.2) is 0 Å². The van der Waals surface area contributed by atoms with Crippen molar-refractivity contribution in [2.24, 2.45) is 0 Å². The van der Waals surface area contributed by atoms with Crippen LogP contribution >= 0.6 is 0 Å². The highest BCUT2D eigenvalue weighted by atomic mass is 14.9. The molecule has 2 heteroatoms. The lowest BCUT2D eigenvalue weighted by Crippen LogP contribution is -2.42. The molecule has 64 valence electrons. The van der Waals surface area contributed by atoms with Crippen molar-refractivity contribution >= 4 is 7.98 Å². The molecule has 0 amide bonds. The first kappa shape index (κ1) is 8.37. The molecule has 2 aliphatic rings. The second-order valence-electron chi connectivity index (χ2n) is 4.41. The normalized spacial score (nSPS) is 35.4. The summed E-state index contributed by atoms with van der Waals surface area (Å²) in [5, 5.41) is 2.94. The van der Waals surface area contributed by atoms with E-state index >= 15 is 0 Å². The fourth-order valence-electron chi connectivity index (χ4n) is 2.02. The summed E-state index contributed by atoms with van der Waals surface area (Å²) in [6.45, 7) is 2.22. The molecule has 0 bridgehead atoms. The minimum absolute atomic E-state index is 0.207. The van der Waals surface area contributed by atoms with Gasteiger partial charge >= 0.3 is 0 Å². The minimum atomic E-state index is 0.207. The van der Waals surface area contributed by atoms with E-state index in [1.54, 1.807) is 11.1 Å². The molecule has 0 unspecified atom stereocenters. The lowest BCUT2D eigenvalue weighted by Gasteiger charge is -2.35. The molecule has 2 fully saturated rings. The predicted octanol–water partition coefficient (Wildman–Crippen LogP) is 2.08. The van der Waals surface area contributed by atoms with Crippen molar-refractivity contribution < 1.29 is 0 Å². The van der Waals surface area contributed by atoms with Crippen LogP contribution in [-0.2, 0) is 0 Å². The number of hydrogen-bond acceptors (Lipinski definition) is 1. The lowest BCUT2D eigenvalue weighted by molar-refractivity contribution is 0.335. The first-order valence-electron chi connectivity index (χ1n) is 4.91. The Bertz CT molecular complexity index is 204. The molecule has 1 nitrogen and oxygen atoms in total. The Balaban J connectivity index is 1.97. The fraction of sp³-hybridized carbons (Fsp3) is 0.800. The summed E-state index contributed by atoms with van der Waals surface area (Å²) < 4.78 is 0. The molecule has 2 aliphatic carbocycles. The van der Waals surface area contributed by atoms with E-state index in [0.717, 1.165) is 0 Å². The third-order valence-electron chi connectivity index (χ3n) is 3.31. The average molecular weight is 161 g/mol. The first-order valence-corrected chi connectivity index (χ1v) is 4.91. The maximum atomic E-state index is 5.51. The van der Waals surface area contributed by atoms with Crippen LogP contribution in [-0.4, -0.2) is 13.5 Å². The summed E-state index contributed by atoms with van der Waals surface area (Å²) >= 11 is 0. The van der Waals surface area contributed by atoms with Crippen molar-refractivity contribution in [3.63, 3.8) is 0 Å². The summed E-state index contributed by atoms with van der Waals surface area (Å²) in [7, 11) is 5.51. The van der Waals surface area contributed by atoms with Crippen molar-refractivity contribution in [1.82, 2.24) is 5.23 Å². The molecule has 2 saturated carbocycles. The summed E-state index contributed by atoms with van der Waals surface area (Å²) in [5.41, 5.74) is 3.69. The van der Waals surface area contributed by atoms with Gasteiger partial charge in [-0.1, -0.05) is 11.1 Å². The molecule has 0 saturated heterocycles. The van der Waals surface area contributed by atoms with Crippen LogP contribution < -0.4 is 5.23 Å². The molecule has 12 heavy (non-hydrogen) atoms.